The molecule has 0 aliphatic heterocycles. The Morgan fingerprint density at radius 3 is 2.00 bits per heavy atom. The minimum Gasteiger partial charge on any atom is -0.395 e. The molecule has 5 heteroatoms. The largest absolute Gasteiger partial charge is 0.395 e. The van der Waals surface area contributed by atoms with Gasteiger partial charge in [0.1, 0.15) is 0 Å². The van der Waals surface area contributed by atoms with E-state index in [4.69, 9.17) is 5.11 Å². The first kappa shape index (κ1) is 6.87. The number of primary sulfonamides is 1. The van der Waals surface area contributed by atoms with Crippen LogP contribution in [0, 0.1) is 0 Å². The third-order valence-corrected chi connectivity index (χ3v) is 1.13. The van der Waals surface area contributed by atoms with Crippen LogP contribution in [0.2, 0.25) is 0 Å². The van der Waals surface area contributed by atoms with Crippen molar-refractivity contribution in [2.75, 3.05) is 12.4 Å². The van der Waals surface area contributed by atoms with Gasteiger partial charge in [0.15, 0.2) is 0 Å². The summed E-state index contributed by atoms with van der Waals surface area (Å²) in [4.78, 5) is 0. The van der Waals surface area contributed by atoms with Gasteiger partial charge in [-0.25, -0.2) is 13.6 Å². The molecule has 3 N–H and O–H groups in total. The summed E-state index contributed by atoms with van der Waals surface area (Å²) in [6.45, 7) is -0.404. The van der Waals surface area contributed by atoms with Gasteiger partial charge in [0.05, 0.1) is 12.4 Å². The van der Waals surface area contributed by atoms with Gasteiger partial charge in [-0.05, 0) is 0 Å². The SMILES string of the molecule is NS(=O)(=O)CCO. The van der Waals surface area contributed by atoms with E-state index in [1.54, 1.807) is 0 Å². The standard InChI is InChI=1S/C2H7NO3S/c3-7(5,6)2-1-4/h4H,1-2H2,(H2,3,5,6). The van der Waals surface area contributed by atoms with Gasteiger partial charge in [0, 0.05) is 0 Å². The van der Waals surface area contributed by atoms with Crippen molar-refractivity contribution in [2.24, 2.45) is 5.14 Å². The quantitative estimate of drug-likeness (QED) is 0.460. The molecule has 0 unspecified atom stereocenters. The molecule has 0 amide bonds. The number of sulfonamides is 1. The van der Waals surface area contributed by atoms with E-state index in [0.717, 1.165) is 0 Å². The van der Waals surface area contributed by atoms with Crippen molar-refractivity contribution in [3.05, 3.63) is 0 Å². The Kier molecular flexibility index (Phi) is 2.21. The van der Waals surface area contributed by atoms with Crippen LogP contribution in [0.25, 0.3) is 0 Å². The van der Waals surface area contributed by atoms with E-state index in [1.165, 1.54) is 0 Å². The van der Waals surface area contributed by atoms with Crippen molar-refractivity contribution in [3.63, 3.8) is 0 Å². The average molecular weight is 125 g/mol. The zero-order chi connectivity index (χ0) is 5.91. The van der Waals surface area contributed by atoms with Crippen molar-refractivity contribution in [1.29, 1.82) is 0 Å². The van der Waals surface area contributed by atoms with Gasteiger partial charge in [-0.1, -0.05) is 0 Å². The maximum atomic E-state index is 9.85. The number of nitrogens with two attached hydrogens (primary N) is 1. The van der Waals surface area contributed by atoms with E-state index in [9.17, 15) is 8.42 Å². The second-order valence-corrected chi connectivity index (χ2v) is 2.82. The number of aliphatic hydroxyl groups is 1. The minimum absolute atomic E-state index is 0.354. The highest BCUT2D eigenvalue weighted by molar-refractivity contribution is 7.89. The van der Waals surface area contributed by atoms with E-state index in [-0.39, 0.29) is 5.75 Å². The fourth-order valence-corrected chi connectivity index (χ4v) is 0.382. The smallest absolute Gasteiger partial charge is 0.211 e. The first-order valence-electron chi connectivity index (χ1n) is 1.67. The number of hydrogen-bond donors (Lipinski definition) is 2. The first-order chi connectivity index (χ1) is 3.06. The van der Waals surface area contributed by atoms with Gasteiger partial charge in [0.2, 0.25) is 10.0 Å². The van der Waals surface area contributed by atoms with Crippen LogP contribution in [0.15, 0.2) is 0 Å². The zero-order valence-corrected chi connectivity index (χ0v) is 4.48. The molecule has 0 aromatic heterocycles. The minimum atomic E-state index is -3.42. The van der Waals surface area contributed by atoms with Crippen LogP contribution >= 0.6 is 0 Å². The summed E-state index contributed by atoms with van der Waals surface area (Å²) < 4.78 is 19.7. The highest BCUT2D eigenvalue weighted by atomic mass is 32.2. The van der Waals surface area contributed by atoms with Crippen molar-refractivity contribution < 1.29 is 13.5 Å². The molecule has 0 radical (unpaired) electrons. The highest BCUT2D eigenvalue weighted by Crippen LogP contribution is 1.70. The molecule has 0 fully saturated rings. The Hall–Kier alpha value is -0.130. The Morgan fingerprint density at radius 2 is 2.00 bits per heavy atom. The number of aliphatic hydroxyl groups excluding tert-OH is 1. The van der Waals surface area contributed by atoms with Crippen molar-refractivity contribution in [3.8, 4) is 0 Å². The summed E-state index contributed by atoms with van der Waals surface area (Å²) in [6, 6.07) is 0. The molecule has 0 rings (SSSR count). The normalized spacial score (nSPS) is 11.7. The summed E-state index contributed by atoms with van der Waals surface area (Å²) in [7, 11) is -3.42. The topological polar surface area (TPSA) is 80.4 Å². The number of hydrogen-bond acceptors (Lipinski definition) is 3. The third kappa shape index (κ3) is 5.87. The Balaban J connectivity index is 3.60. The fraction of sp³-hybridized carbons (Fsp3) is 1.00. The second kappa shape index (κ2) is 2.25. The summed E-state index contributed by atoms with van der Waals surface area (Å²) >= 11 is 0. The van der Waals surface area contributed by atoms with Gasteiger partial charge >= 0.3 is 0 Å². The van der Waals surface area contributed by atoms with Gasteiger partial charge in [-0.15, -0.1) is 0 Å². The molecule has 0 aromatic rings. The Labute approximate surface area is 42.0 Å². The molecule has 4 nitrogen and oxygen atoms in total. The summed E-state index contributed by atoms with van der Waals surface area (Å²) in [5, 5.41) is 12.4. The first-order valence-corrected chi connectivity index (χ1v) is 3.39. The second-order valence-electron chi connectivity index (χ2n) is 1.09. The molecule has 0 bridgehead atoms. The van der Waals surface area contributed by atoms with Crippen molar-refractivity contribution in [2.45, 2.75) is 0 Å². The summed E-state index contributed by atoms with van der Waals surface area (Å²) in [5.41, 5.74) is 0. The van der Waals surface area contributed by atoms with Crippen LogP contribution in [-0.2, 0) is 10.0 Å². The molecular weight excluding hydrogens is 118 g/mol. The van der Waals surface area contributed by atoms with Crippen molar-refractivity contribution >= 4 is 10.0 Å². The van der Waals surface area contributed by atoms with E-state index in [1.807, 2.05) is 0 Å². The van der Waals surface area contributed by atoms with Crippen LogP contribution in [0.4, 0.5) is 0 Å². The van der Waals surface area contributed by atoms with Gasteiger partial charge in [-0.2, -0.15) is 0 Å². The molecule has 0 aliphatic rings. The Morgan fingerprint density at radius 1 is 1.57 bits per heavy atom. The summed E-state index contributed by atoms with van der Waals surface area (Å²) in [5.74, 6) is -0.354. The van der Waals surface area contributed by atoms with Crippen LogP contribution < -0.4 is 5.14 Å². The maximum Gasteiger partial charge on any atom is 0.211 e. The van der Waals surface area contributed by atoms with E-state index < -0.39 is 16.6 Å². The molecule has 0 saturated heterocycles. The lowest BCUT2D eigenvalue weighted by Gasteiger charge is -1.87. The molecular formula is C2H7NO3S. The molecule has 0 heterocycles. The maximum absolute atomic E-state index is 9.85. The molecule has 0 aliphatic carbocycles. The van der Waals surface area contributed by atoms with Crippen LogP contribution in [0.3, 0.4) is 0 Å². The van der Waals surface area contributed by atoms with E-state index >= 15 is 0 Å². The lowest BCUT2D eigenvalue weighted by molar-refractivity contribution is 0.319. The molecule has 0 aromatic carbocycles. The van der Waals surface area contributed by atoms with Crippen LogP contribution in [0.5, 0.6) is 0 Å². The number of rotatable bonds is 2. The fourth-order valence-electron chi connectivity index (χ4n) is 0.127. The summed E-state index contributed by atoms with van der Waals surface area (Å²) in [6.07, 6.45) is 0. The zero-order valence-electron chi connectivity index (χ0n) is 3.66. The average Bonchev–Trinajstić information content (AvgIpc) is 1.30. The highest BCUT2D eigenvalue weighted by Gasteiger charge is 1.96. The lowest BCUT2D eigenvalue weighted by atomic mass is 10.9. The Bertz CT molecular complexity index is 126. The van der Waals surface area contributed by atoms with E-state index in [0.29, 0.717) is 0 Å². The van der Waals surface area contributed by atoms with E-state index in [2.05, 4.69) is 5.14 Å². The predicted octanol–water partition coefficient (Wildman–Crippen LogP) is -1.73. The molecule has 44 valence electrons. The van der Waals surface area contributed by atoms with Crippen LogP contribution in [-0.4, -0.2) is 25.9 Å². The predicted molar refractivity (Wildman–Crippen MR) is 25.1 cm³/mol. The van der Waals surface area contributed by atoms with Crippen LogP contribution in [0.1, 0.15) is 0 Å². The van der Waals surface area contributed by atoms with Gasteiger partial charge in [-0.3, -0.25) is 0 Å². The molecule has 7 heavy (non-hydrogen) atoms. The van der Waals surface area contributed by atoms with Gasteiger partial charge in [0.25, 0.3) is 0 Å². The third-order valence-electron chi connectivity index (χ3n) is 0.376. The molecule has 0 atom stereocenters. The molecule has 0 saturated carbocycles. The lowest BCUT2D eigenvalue weighted by Crippen LogP contribution is -2.18. The van der Waals surface area contributed by atoms with Crippen molar-refractivity contribution in [1.82, 2.24) is 0 Å². The monoisotopic (exact) mass is 125 g/mol. The molecule has 0 spiro atoms. The van der Waals surface area contributed by atoms with Gasteiger partial charge < -0.3 is 5.11 Å².